The third-order valence-electron chi connectivity index (χ3n) is 13.6. The topological polar surface area (TPSA) is 25.8 Å². The Morgan fingerprint density at radius 3 is 1.75 bits per heavy atom. The second-order valence-corrected chi connectivity index (χ2v) is 17.7. The summed E-state index contributed by atoms with van der Waals surface area (Å²) < 4.78 is 0. The first-order valence-electron chi connectivity index (χ1n) is 21.1. The standard InChI is InChI=1S/C58H42N2/c1-57(2)49-24-14-23-46(54(49)48-31-37-18-8-9-19-38(37)32-51(48)57)43-29-30-45(42-22-13-12-21-41(42)43)53-34-52(59-56(60-53)36-16-6-5-7-17-36)39-26-27-44-47-28-25-35-15-10-11-20-40(35)55(47)58(3,4)50(44)33-39/h5-34H,1-4H3. The Balaban J connectivity index is 1.03. The van der Waals surface area contributed by atoms with Gasteiger partial charge in [0.15, 0.2) is 5.82 Å². The molecule has 0 atom stereocenters. The first kappa shape index (κ1) is 34.8. The second-order valence-electron chi connectivity index (χ2n) is 17.7. The van der Waals surface area contributed by atoms with Crippen molar-refractivity contribution in [1.82, 2.24) is 9.97 Å². The average molecular weight is 767 g/mol. The molecule has 1 aromatic heterocycles. The van der Waals surface area contributed by atoms with Crippen LogP contribution in [0.4, 0.5) is 0 Å². The van der Waals surface area contributed by atoms with Gasteiger partial charge in [-0.3, -0.25) is 0 Å². The highest BCUT2D eigenvalue weighted by Gasteiger charge is 2.38. The maximum absolute atomic E-state index is 5.34. The molecule has 2 aliphatic carbocycles. The quantitative estimate of drug-likeness (QED) is 0.178. The van der Waals surface area contributed by atoms with Gasteiger partial charge < -0.3 is 0 Å². The lowest BCUT2D eigenvalue weighted by molar-refractivity contribution is 0.661. The van der Waals surface area contributed by atoms with Gasteiger partial charge in [0.25, 0.3) is 0 Å². The molecule has 0 bridgehead atoms. The molecular formula is C58H42N2. The highest BCUT2D eigenvalue weighted by Crippen LogP contribution is 2.55. The van der Waals surface area contributed by atoms with E-state index >= 15 is 0 Å². The summed E-state index contributed by atoms with van der Waals surface area (Å²) in [5, 5.41) is 7.54. The van der Waals surface area contributed by atoms with Crippen LogP contribution in [0.15, 0.2) is 182 Å². The van der Waals surface area contributed by atoms with Gasteiger partial charge in [-0.25, -0.2) is 9.97 Å². The Morgan fingerprint density at radius 2 is 0.950 bits per heavy atom. The molecule has 0 unspecified atom stereocenters. The number of nitrogens with zero attached hydrogens (tertiary/aromatic N) is 2. The van der Waals surface area contributed by atoms with Crippen LogP contribution in [-0.2, 0) is 10.8 Å². The molecule has 2 aliphatic rings. The zero-order valence-electron chi connectivity index (χ0n) is 34.2. The summed E-state index contributed by atoms with van der Waals surface area (Å²) in [4.78, 5) is 10.6. The molecule has 60 heavy (non-hydrogen) atoms. The van der Waals surface area contributed by atoms with Crippen LogP contribution in [0.5, 0.6) is 0 Å². The number of hydrogen-bond donors (Lipinski definition) is 0. The minimum absolute atomic E-state index is 0.116. The molecule has 284 valence electrons. The molecule has 9 aromatic carbocycles. The third-order valence-corrected chi connectivity index (χ3v) is 13.6. The Labute approximate surface area is 350 Å². The summed E-state index contributed by atoms with van der Waals surface area (Å²) >= 11 is 0. The predicted molar refractivity (Wildman–Crippen MR) is 251 cm³/mol. The molecule has 0 fully saturated rings. The van der Waals surface area contributed by atoms with Crippen molar-refractivity contribution in [3.63, 3.8) is 0 Å². The Kier molecular flexibility index (Phi) is 7.36. The number of rotatable bonds is 4. The molecule has 0 saturated heterocycles. The molecule has 0 saturated carbocycles. The molecule has 0 amide bonds. The summed E-state index contributed by atoms with van der Waals surface area (Å²) in [6.07, 6.45) is 0. The molecule has 2 nitrogen and oxygen atoms in total. The zero-order valence-corrected chi connectivity index (χ0v) is 34.2. The van der Waals surface area contributed by atoms with E-state index in [1.807, 2.05) is 6.07 Å². The zero-order chi connectivity index (χ0) is 40.3. The normalized spacial score (nSPS) is 14.3. The van der Waals surface area contributed by atoms with E-state index in [0.717, 1.165) is 33.9 Å². The first-order valence-corrected chi connectivity index (χ1v) is 21.1. The van der Waals surface area contributed by atoms with Gasteiger partial charge in [-0.05, 0) is 112 Å². The monoisotopic (exact) mass is 766 g/mol. The number of fused-ring (bicyclic) bond motifs is 10. The van der Waals surface area contributed by atoms with Crippen molar-refractivity contribution in [2.45, 2.75) is 38.5 Å². The highest BCUT2D eigenvalue weighted by atomic mass is 14.9. The van der Waals surface area contributed by atoms with Crippen LogP contribution < -0.4 is 0 Å². The molecule has 0 N–H and O–H groups in total. The predicted octanol–water partition coefficient (Wildman–Crippen LogP) is 15.2. The van der Waals surface area contributed by atoms with Crippen molar-refractivity contribution in [1.29, 1.82) is 0 Å². The van der Waals surface area contributed by atoms with Gasteiger partial charge in [-0.15, -0.1) is 0 Å². The van der Waals surface area contributed by atoms with Crippen molar-refractivity contribution >= 4 is 32.3 Å². The minimum Gasteiger partial charge on any atom is -0.228 e. The van der Waals surface area contributed by atoms with E-state index in [2.05, 4.69) is 204 Å². The Morgan fingerprint density at radius 1 is 0.333 bits per heavy atom. The molecule has 10 aromatic rings. The summed E-state index contributed by atoms with van der Waals surface area (Å²) in [5.74, 6) is 0.720. The maximum atomic E-state index is 5.34. The minimum atomic E-state index is -0.174. The SMILES string of the molecule is CC1(C)c2cc3ccccc3cc2-c2c(-c3ccc(-c4cc(-c5ccc6c(c5)C(C)(C)c5c-6ccc6ccccc56)nc(-c5ccccc5)n4)c4ccccc34)cccc21. The van der Waals surface area contributed by atoms with Gasteiger partial charge in [0.2, 0.25) is 0 Å². The Bertz CT molecular complexity index is 3430. The van der Waals surface area contributed by atoms with Crippen molar-refractivity contribution < 1.29 is 0 Å². The van der Waals surface area contributed by atoms with Crippen molar-refractivity contribution in [2.24, 2.45) is 0 Å². The summed E-state index contributed by atoms with van der Waals surface area (Å²) in [6.45, 7) is 9.48. The van der Waals surface area contributed by atoms with E-state index in [4.69, 9.17) is 9.97 Å². The average Bonchev–Trinajstić information content (AvgIpc) is 3.66. The lowest BCUT2D eigenvalue weighted by atomic mass is 9.80. The lowest BCUT2D eigenvalue weighted by Crippen LogP contribution is -2.15. The summed E-state index contributed by atoms with van der Waals surface area (Å²) in [7, 11) is 0. The van der Waals surface area contributed by atoms with E-state index in [0.29, 0.717) is 0 Å². The third kappa shape index (κ3) is 5.01. The molecule has 1 heterocycles. The molecular weight excluding hydrogens is 725 g/mol. The molecule has 2 heteroatoms. The molecule has 0 radical (unpaired) electrons. The van der Waals surface area contributed by atoms with Crippen LogP contribution in [0, 0.1) is 0 Å². The van der Waals surface area contributed by atoms with Gasteiger partial charge in [0.05, 0.1) is 11.4 Å². The van der Waals surface area contributed by atoms with E-state index < -0.39 is 0 Å². The van der Waals surface area contributed by atoms with Crippen LogP contribution in [0.25, 0.3) is 99.6 Å². The first-order chi connectivity index (χ1) is 29.3. The molecule has 0 aliphatic heterocycles. The van der Waals surface area contributed by atoms with Gasteiger partial charge in [0, 0.05) is 27.5 Å². The van der Waals surface area contributed by atoms with Gasteiger partial charge >= 0.3 is 0 Å². The summed E-state index contributed by atoms with van der Waals surface area (Å²) in [6, 6.07) is 66.8. The smallest absolute Gasteiger partial charge is 0.160 e. The Hall–Kier alpha value is -7.16. The largest absolute Gasteiger partial charge is 0.228 e. The van der Waals surface area contributed by atoms with E-state index in [9.17, 15) is 0 Å². The van der Waals surface area contributed by atoms with Crippen LogP contribution >= 0.6 is 0 Å². The lowest BCUT2D eigenvalue weighted by Gasteiger charge is -2.23. The van der Waals surface area contributed by atoms with E-state index in [1.165, 1.54) is 88.0 Å². The van der Waals surface area contributed by atoms with E-state index in [-0.39, 0.29) is 10.8 Å². The number of aromatic nitrogens is 2. The van der Waals surface area contributed by atoms with Crippen molar-refractivity contribution in [3.8, 4) is 67.3 Å². The van der Waals surface area contributed by atoms with Crippen molar-refractivity contribution in [3.05, 3.63) is 204 Å². The van der Waals surface area contributed by atoms with Crippen molar-refractivity contribution in [2.75, 3.05) is 0 Å². The molecule has 12 rings (SSSR count). The molecule has 0 spiro atoms. The van der Waals surface area contributed by atoms with Gasteiger partial charge in [0.1, 0.15) is 0 Å². The van der Waals surface area contributed by atoms with Crippen LogP contribution in [0.2, 0.25) is 0 Å². The van der Waals surface area contributed by atoms with Crippen LogP contribution in [-0.4, -0.2) is 9.97 Å². The van der Waals surface area contributed by atoms with E-state index in [1.54, 1.807) is 0 Å². The number of benzene rings is 9. The van der Waals surface area contributed by atoms with Crippen LogP contribution in [0.3, 0.4) is 0 Å². The highest BCUT2D eigenvalue weighted by molar-refractivity contribution is 6.09. The van der Waals surface area contributed by atoms with Gasteiger partial charge in [-0.1, -0.05) is 185 Å². The second kappa shape index (κ2) is 12.7. The fraction of sp³-hybridized carbons (Fsp3) is 0.103. The number of hydrogen-bond acceptors (Lipinski definition) is 2. The fourth-order valence-electron chi connectivity index (χ4n) is 10.7. The maximum Gasteiger partial charge on any atom is 0.160 e. The fourth-order valence-corrected chi connectivity index (χ4v) is 10.7. The summed E-state index contributed by atoms with van der Waals surface area (Å²) in [5.41, 5.74) is 18.0. The van der Waals surface area contributed by atoms with Gasteiger partial charge in [-0.2, -0.15) is 0 Å². The van der Waals surface area contributed by atoms with Crippen LogP contribution in [0.1, 0.15) is 49.9 Å².